The molecule has 0 unspecified atom stereocenters. The van der Waals surface area contributed by atoms with Crippen molar-refractivity contribution >= 4 is 27.7 Å². The zero-order chi connectivity index (χ0) is 18.4. The standard InChI is InChI=1S/C19H20BrFN2O2/c1-13(19(25)22-2)23(12-15-3-7-16(20)8-4-15)18(24)11-14-5-9-17(21)10-6-14/h3-10,13H,11-12H2,1-2H3,(H,22,25)/t13-/m0/s1. The number of amides is 2. The van der Waals surface area contributed by atoms with Crippen LogP contribution < -0.4 is 5.32 Å². The van der Waals surface area contributed by atoms with E-state index < -0.39 is 6.04 Å². The van der Waals surface area contributed by atoms with E-state index in [1.54, 1.807) is 26.1 Å². The second kappa shape index (κ2) is 8.76. The van der Waals surface area contributed by atoms with Crippen LogP contribution in [0.15, 0.2) is 53.0 Å². The van der Waals surface area contributed by atoms with Crippen LogP contribution in [0, 0.1) is 5.82 Å². The van der Waals surface area contributed by atoms with Crippen molar-refractivity contribution in [1.82, 2.24) is 10.2 Å². The minimum Gasteiger partial charge on any atom is -0.357 e. The third-order valence-corrected chi connectivity index (χ3v) is 4.48. The van der Waals surface area contributed by atoms with Gasteiger partial charge in [-0.15, -0.1) is 0 Å². The topological polar surface area (TPSA) is 49.4 Å². The maximum Gasteiger partial charge on any atom is 0.242 e. The molecular formula is C19H20BrFN2O2. The fraction of sp³-hybridized carbons (Fsp3) is 0.263. The summed E-state index contributed by atoms with van der Waals surface area (Å²) in [6, 6.07) is 12.8. The number of hydrogen-bond acceptors (Lipinski definition) is 2. The molecule has 0 aliphatic heterocycles. The molecule has 2 rings (SSSR count). The first-order valence-electron chi connectivity index (χ1n) is 7.90. The summed E-state index contributed by atoms with van der Waals surface area (Å²) >= 11 is 3.38. The molecule has 0 fully saturated rings. The molecule has 1 N–H and O–H groups in total. The zero-order valence-electron chi connectivity index (χ0n) is 14.1. The van der Waals surface area contributed by atoms with Gasteiger partial charge in [-0.2, -0.15) is 0 Å². The Bertz CT molecular complexity index is 732. The highest BCUT2D eigenvalue weighted by atomic mass is 79.9. The van der Waals surface area contributed by atoms with E-state index in [1.807, 2.05) is 24.3 Å². The molecule has 0 saturated carbocycles. The van der Waals surface area contributed by atoms with E-state index in [0.717, 1.165) is 10.0 Å². The Morgan fingerprint density at radius 3 is 2.20 bits per heavy atom. The highest BCUT2D eigenvalue weighted by Crippen LogP contribution is 2.15. The number of carbonyl (C=O) groups excluding carboxylic acids is 2. The number of rotatable bonds is 6. The number of hydrogen-bond donors (Lipinski definition) is 1. The smallest absolute Gasteiger partial charge is 0.242 e. The van der Waals surface area contributed by atoms with Gasteiger partial charge in [0.05, 0.1) is 6.42 Å². The lowest BCUT2D eigenvalue weighted by atomic mass is 10.1. The molecule has 0 radical (unpaired) electrons. The first kappa shape index (κ1) is 19.1. The van der Waals surface area contributed by atoms with Gasteiger partial charge < -0.3 is 10.2 Å². The van der Waals surface area contributed by atoms with E-state index in [2.05, 4.69) is 21.2 Å². The molecule has 0 aromatic heterocycles. The van der Waals surface area contributed by atoms with Crippen LogP contribution in [-0.2, 0) is 22.6 Å². The van der Waals surface area contributed by atoms with Crippen molar-refractivity contribution in [1.29, 1.82) is 0 Å². The average molecular weight is 407 g/mol. The second-order valence-electron chi connectivity index (χ2n) is 5.74. The summed E-state index contributed by atoms with van der Waals surface area (Å²) in [7, 11) is 1.54. The van der Waals surface area contributed by atoms with Crippen LogP contribution in [-0.4, -0.2) is 29.8 Å². The number of benzene rings is 2. The minimum absolute atomic E-state index is 0.109. The van der Waals surface area contributed by atoms with Crippen molar-refractivity contribution in [3.8, 4) is 0 Å². The van der Waals surface area contributed by atoms with E-state index in [9.17, 15) is 14.0 Å². The summed E-state index contributed by atoms with van der Waals surface area (Å²) in [5.74, 6) is -0.767. The average Bonchev–Trinajstić information content (AvgIpc) is 2.61. The molecule has 132 valence electrons. The third-order valence-electron chi connectivity index (χ3n) is 3.95. The van der Waals surface area contributed by atoms with Crippen LogP contribution in [0.25, 0.3) is 0 Å². The molecule has 2 aromatic rings. The van der Waals surface area contributed by atoms with Gasteiger partial charge in [-0.1, -0.05) is 40.2 Å². The summed E-state index contributed by atoms with van der Waals surface area (Å²) in [6.07, 6.45) is 0.109. The first-order chi connectivity index (χ1) is 11.9. The molecule has 0 heterocycles. The lowest BCUT2D eigenvalue weighted by Crippen LogP contribution is -2.47. The largest absolute Gasteiger partial charge is 0.357 e. The number of halogens is 2. The molecule has 0 aliphatic rings. The molecule has 0 aliphatic carbocycles. The third kappa shape index (κ3) is 5.39. The first-order valence-corrected chi connectivity index (χ1v) is 8.70. The van der Waals surface area contributed by atoms with Crippen LogP contribution in [0.3, 0.4) is 0 Å². The van der Waals surface area contributed by atoms with E-state index in [1.165, 1.54) is 17.0 Å². The summed E-state index contributed by atoms with van der Waals surface area (Å²) in [4.78, 5) is 26.3. The van der Waals surface area contributed by atoms with Crippen LogP contribution in [0.4, 0.5) is 4.39 Å². The molecule has 0 bridgehead atoms. The molecule has 1 atom stereocenters. The highest BCUT2D eigenvalue weighted by Gasteiger charge is 2.25. The Kier molecular flexibility index (Phi) is 6.70. The van der Waals surface area contributed by atoms with Crippen LogP contribution >= 0.6 is 15.9 Å². The van der Waals surface area contributed by atoms with Gasteiger partial charge in [0.1, 0.15) is 11.9 Å². The lowest BCUT2D eigenvalue weighted by Gasteiger charge is -2.28. The fourth-order valence-electron chi connectivity index (χ4n) is 2.46. The highest BCUT2D eigenvalue weighted by molar-refractivity contribution is 9.10. The van der Waals surface area contributed by atoms with Crippen LogP contribution in [0.2, 0.25) is 0 Å². The number of likely N-dealkylation sites (N-methyl/N-ethyl adjacent to an activating group) is 1. The summed E-state index contributed by atoms with van der Waals surface area (Å²) in [6.45, 7) is 2.02. The SMILES string of the molecule is CNC(=O)[C@H](C)N(Cc1ccc(Br)cc1)C(=O)Cc1ccc(F)cc1. The van der Waals surface area contributed by atoms with Crippen molar-refractivity contribution in [2.24, 2.45) is 0 Å². The van der Waals surface area contributed by atoms with Gasteiger partial charge in [-0.25, -0.2) is 4.39 Å². The Hall–Kier alpha value is -2.21. The maximum atomic E-state index is 13.0. The molecule has 6 heteroatoms. The summed E-state index contributed by atoms with van der Waals surface area (Å²) < 4.78 is 14.0. The maximum absolute atomic E-state index is 13.0. The van der Waals surface area contributed by atoms with Crippen molar-refractivity contribution in [2.45, 2.75) is 25.9 Å². The number of carbonyl (C=O) groups is 2. The van der Waals surface area contributed by atoms with Crippen molar-refractivity contribution < 1.29 is 14.0 Å². The molecule has 4 nitrogen and oxygen atoms in total. The lowest BCUT2D eigenvalue weighted by molar-refractivity contribution is -0.139. The quantitative estimate of drug-likeness (QED) is 0.799. The number of nitrogens with zero attached hydrogens (tertiary/aromatic N) is 1. The van der Waals surface area contributed by atoms with Gasteiger partial charge in [0.25, 0.3) is 0 Å². The van der Waals surface area contributed by atoms with Gasteiger partial charge in [0, 0.05) is 18.1 Å². The van der Waals surface area contributed by atoms with Crippen LogP contribution in [0.1, 0.15) is 18.1 Å². The van der Waals surface area contributed by atoms with Gasteiger partial charge in [0.15, 0.2) is 0 Å². The van der Waals surface area contributed by atoms with Crippen molar-refractivity contribution in [3.05, 3.63) is 69.9 Å². The molecule has 0 spiro atoms. The zero-order valence-corrected chi connectivity index (χ0v) is 15.7. The van der Waals surface area contributed by atoms with Crippen LogP contribution in [0.5, 0.6) is 0 Å². The monoisotopic (exact) mass is 406 g/mol. The molecule has 0 saturated heterocycles. The summed E-state index contributed by atoms with van der Waals surface area (Å²) in [5, 5.41) is 2.58. The fourth-order valence-corrected chi connectivity index (χ4v) is 2.72. The Labute approximate surface area is 155 Å². The van der Waals surface area contributed by atoms with Gasteiger partial charge in [-0.3, -0.25) is 9.59 Å². The molecular weight excluding hydrogens is 387 g/mol. The van der Waals surface area contributed by atoms with Crippen molar-refractivity contribution in [2.75, 3.05) is 7.05 Å². The normalized spacial score (nSPS) is 11.7. The van der Waals surface area contributed by atoms with Crippen molar-refractivity contribution in [3.63, 3.8) is 0 Å². The summed E-state index contributed by atoms with van der Waals surface area (Å²) in [5.41, 5.74) is 1.63. The molecule has 2 aromatic carbocycles. The Morgan fingerprint density at radius 1 is 1.08 bits per heavy atom. The minimum atomic E-state index is -0.610. The Morgan fingerprint density at radius 2 is 1.64 bits per heavy atom. The van der Waals surface area contributed by atoms with E-state index >= 15 is 0 Å². The predicted molar refractivity (Wildman–Crippen MR) is 98.3 cm³/mol. The second-order valence-corrected chi connectivity index (χ2v) is 6.66. The number of nitrogens with one attached hydrogen (secondary N) is 1. The molecule has 25 heavy (non-hydrogen) atoms. The Balaban J connectivity index is 2.20. The van der Waals surface area contributed by atoms with E-state index in [4.69, 9.17) is 0 Å². The van der Waals surface area contributed by atoms with E-state index in [-0.39, 0.29) is 24.1 Å². The predicted octanol–water partition coefficient (Wildman–Crippen LogP) is 3.29. The van der Waals surface area contributed by atoms with Gasteiger partial charge in [0.2, 0.25) is 11.8 Å². The van der Waals surface area contributed by atoms with Gasteiger partial charge in [-0.05, 0) is 42.3 Å². The van der Waals surface area contributed by atoms with E-state index in [0.29, 0.717) is 12.1 Å². The molecule has 2 amide bonds. The van der Waals surface area contributed by atoms with Gasteiger partial charge >= 0.3 is 0 Å².